The van der Waals surface area contributed by atoms with Crippen LogP contribution in [0.3, 0.4) is 0 Å². The van der Waals surface area contributed by atoms with Gasteiger partial charge in [0.2, 0.25) is 5.91 Å². The molecule has 0 bridgehead atoms. The summed E-state index contributed by atoms with van der Waals surface area (Å²) in [7, 11) is 0. The summed E-state index contributed by atoms with van der Waals surface area (Å²) in [4.78, 5) is 37.6. The molecule has 1 aliphatic heterocycles. The van der Waals surface area contributed by atoms with E-state index in [1.54, 1.807) is 29.3 Å². The highest BCUT2D eigenvalue weighted by atomic mass is 16.2. The Morgan fingerprint density at radius 2 is 1.69 bits per heavy atom. The third kappa shape index (κ3) is 4.94. The fraction of sp³-hybridized carbons (Fsp3) is 0.280. The Balaban J connectivity index is 1.47. The second-order valence-electron chi connectivity index (χ2n) is 8.07. The van der Waals surface area contributed by atoms with Gasteiger partial charge in [0.25, 0.3) is 5.91 Å². The van der Waals surface area contributed by atoms with E-state index in [0.717, 1.165) is 18.5 Å². The largest absolute Gasteiger partial charge is 0.324 e. The van der Waals surface area contributed by atoms with E-state index >= 15 is 0 Å². The maximum Gasteiger partial charge on any atom is 0.272 e. The summed E-state index contributed by atoms with van der Waals surface area (Å²) in [5, 5.41) is 11.8. The van der Waals surface area contributed by atoms with Gasteiger partial charge in [0.15, 0.2) is 5.78 Å². The molecule has 0 saturated carbocycles. The maximum absolute atomic E-state index is 13.0. The maximum atomic E-state index is 13.0. The molecular weight excluding hydrogens is 404 g/mol. The van der Waals surface area contributed by atoms with E-state index in [0.29, 0.717) is 17.8 Å². The molecule has 2 amide bonds. The van der Waals surface area contributed by atoms with Gasteiger partial charge in [-0.05, 0) is 49.9 Å². The van der Waals surface area contributed by atoms with Gasteiger partial charge in [-0.25, -0.2) is 0 Å². The first-order valence-electron chi connectivity index (χ1n) is 10.8. The van der Waals surface area contributed by atoms with Crippen LogP contribution in [0.1, 0.15) is 32.6 Å². The summed E-state index contributed by atoms with van der Waals surface area (Å²) in [5.41, 5.74) is 2.05. The number of carbonyl (C=O) groups is 3. The number of hydrogen-bond donors (Lipinski definition) is 2. The van der Waals surface area contributed by atoms with Crippen molar-refractivity contribution in [2.24, 2.45) is 11.0 Å². The summed E-state index contributed by atoms with van der Waals surface area (Å²) < 4.78 is 0. The Kier molecular flexibility index (Phi) is 6.44. The van der Waals surface area contributed by atoms with Gasteiger partial charge in [-0.1, -0.05) is 42.5 Å². The highest BCUT2D eigenvalue weighted by Gasteiger charge is 2.34. The van der Waals surface area contributed by atoms with Gasteiger partial charge < -0.3 is 10.6 Å². The van der Waals surface area contributed by atoms with E-state index in [4.69, 9.17) is 0 Å². The Labute approximate surface area is 187 Å². The van der Waals surface area contributed by atoms with Crippen molar-refractivity contribution in [1.82, 2.24) is 0 Å². The van der Waals surface area contributed by atoms with Gasteiger partial charge in [0.05, 0.1) is 17.1 Å². The molecule has 0 radical (unpaired) electrons. The molecule has 2 aromatic rings. The Hall–Kier alpha value is -3.74. The Morgan fingerprint density at radius 3 is 2.34 bits per heavy atom. The molecule has 0 spiro atoms. The Bertz CT molecular complexity index is 1080. The van der Waals surface area contributed by atoms with Crippen LogP contribution in [0.4, 0.5) is 17.1 Å². The molecule has 164 valence electrons. The number of hydrogen-bond acceptors (Lipinski definition) is 5. The summed E-state index contributed by atoms with van der Waals surface area (Å²) in [6.07, 6.45) is 6.81. The van der Waals surface area contributed by atoms with Crippen LogP contribution in [0.15, 0.2) is 71.9 Å². The smallest absolute Gasteiger partial charge is 0.272 e. The number of carbonyl (C=O) groups excluding carboxylic acids is 3. The number of amides is 2. The monoisotopic (exact) mass is 430 g/mol. The summed E-state index contributed by atoms with van der Waals surface area (Å²) >= 11 is 0. The minimum atomic E-state index is -0.521. The molecule has 0 fully saturated rings. The molecule has 2 aromatic carbocycles. The van der Waals surface area contributed by atoms with Gasteiger partial charge >= 0.3 is 0 Å². The van der Waals surface area contributed by atoms with Crippen molar-refractivity contribution in [3.63, 3.8) is 0 Å². The van der Waals surface area contributed by atoms with Crippen molar-refractivity contribution in [1.29, 1.82) is 0 Å². The highest BCUT2D eigenvalue weighted by molar-refractivity contribution is 6.44. The van der Waals surface area contributed by atoms with Crippen LogP contribution in [0.5, 0.6) is 0 Å². The standard InChI is InChI=1S/C25H26N4O3/c1-17(30)23-16-22(28-29(23)19-11-3-2-4-12-19)25(32)27-21-14-8-7-13-20(21)26-24(31)15-18-9-5-6-10-18/h2-5,7-9,11-14,18,23H,6,10,15-16H2,1H3,(H,26,31)(H,27,32). The van der Waals surface area contributed by atoms with Crippen LogP contribution in [0, 0.1) is 5.92 Å². The van der Waals surface area contributed by atoms with Gasteiger partial charge in [-0.2, -0.15) is 5.10 Å². The lowest BCUT2D eigenvalue weighted by atomic mass is 10.0. The summed E-state index contributed by atoms with van der Waals surface area (Å²) in [5.74, 6) is -0.283. The second-order valence-corrected chi connectivity index (χ2v) is 8.07. The van der Waals surface area contributed by atoms with Gasteiger partial charge in [-0.3, -0.25) is 19.4 Å². The van der Waals surface area contributed by atoms with Crippen LogP contribution in [-0.4, -0.2) is 29.4 Å². The minimum absolute atomic E-state index is 0.0611. The number of nitrogens with zero attached hydrogens (tertiary/aromatic N) is 2. The van der Waals surface area contributed by atoms with Crippen LogP contribution < -0.4 is 15.6 Å². The first-order chi connectivity index (χ1) is 15.5. The number of ketones is 1. The third-order valence-corrected chi connectivity index (χ3v) is 5.67. The number of Topliss-reactive ketones (excluding diaryl/α,β-unsaturated/α-hetero) is 1. The van der Waals surface area contributed by atoms with E-state index < -0.39 is 11.9 Å². The van der Waals surface area contributed by atoms with Gasteiger partial charge in [0.1, 0.15) is 11.8 Å². The lowest BCUT2D eigenvalue weighted by Crippen LogP contribution is -2.33. The van der Waals surface area contributed by atoms with Crippen molar-refractivity contribution in [3.05, 3.63) is 66.7 Å². The average Bonchev–Trinajstić information content (AvgIpc) is 3.46. The van der Waals surface area contributed by atoms with E-state index in [9.17, 15) is 14.4 Å². The van der Waals surface area contributed by atoms with Gasteiger partial charge in [0, 0.05) is 12.8 Å². The molecule has 7 heteroatoms. The van der Waals surface area contributed by atoms with Crippen LogP contribution >= 0.6 is 0 Å². The van der Waals surface area contributed by atoms with E-state index in [-0.39, 0.29) is 29.7 Å². The zero-order valence-electron chi connectivity index (χ0n) is 18.0. The van der Waals surface area contributed by atoms with Crippen molar-refractivity contribution in [2.45, 2.75) is 38.6 Å². The lowest BCUT2D eigenvalue weighted by molar-refractivity contribution is -0.118. The predicted molar refractivity (Wildman–Crippen MR) is 126 cm³/mol. The van der Waals surface area contributed by atoms with Crippen LogP contribution in [0.2, 0.25) is 0 Å². The van der Waals surface area contributed by atoms with Gasteiger partial charge in [-0.15, -0.1) is 0 Å². The molecular formula is C25H26N4O3. The fourth-order valence-electron chi connectivity index (χ4n) is 3.98. The lowest BCUT2D eigenvalue weighted by Gasteiger charge is -2.20. The third-order valence-electron chi connectivity index (χ3n) is 5.67. The molecule has 7 nitrogen and oxygen atoms in total. The average molecular weight is 431 g/mol. The number of benzene rings is 2. The van der Waals surface area contributed by atoms with E-state index in [1.807, 2.05) is 30.3 Å². The fourth-order valence-corrected chi connectivity index (χ4v) is 3.98. The molecule has 2 aliphatic rings. The number of para-hydroxylation sites is 3. The quantitative estimate of drug-likeness (QED) is 0.646. The number of anilines is 3. The van der Waals surface area contributed by atoms with Crippen molar-refractivity contribution in [3.8, 4) is 0 Å². The number of nitrogens with one attached hydrogen (secondary N) is 2. The molecule has 2 unspecified atom stereocenters. The summed E-state index contributed by atoms with van der Waals surface area (Å²) in [6.45, 7) is 1.50. The molecule has 0 aromatic heterocycles. The normalized spacial score (nSPS) is 19.5. The van der Waals surface area contributed by atoms with E-state index in [1.165, 1.54) is 6.92 Å². The zero-order valence-corrected chi connectivity index (χ0v) is 18.0. The second kappa shape index (κ2) is 9.60. The van der Waals surface area contributed by atoms with Crippen LogP contribution in [0.25, 0.3) is 0 Å². The first-order valence-corrected chi connectivity index (χ1v) is 10.8. The SMILES string of the molecule is CC(=O)C1CC(C(=O)Nc2ccccc2NC(=O)CC2C=CCC2)=NN1c1ccccc1. The highest BCUT2D eigenvalue weighted by Crippen LogP contribution is 2.27. The van der Waals surface area contributed by atoms with Crippen molar-refractivity contribution < 1.29 is 14.4 Å². The summed E-state index contributed by atoms with van der Waals surface area (Å²) in [6, 6.07) is 15.9. The van der Waals surface area contributed by atoms with Crippen molar-refractivity contribution >= 4 is 40.4 Å². The molecule has 1 heterocycles. The zero-order chi connectivity index (χ0) is 22.5. The number of hydrazone groups is 1. The first kappa shape index (κ1) is 21.5. The topological polar surface area (TPSA) is 90.9 Å². The number of allylic oxidation sites excluding steroid dienone is 2. The van der Waals surface area contributed by atoms with E-state index in [2.05, 4.69) is 27.9 Å². The number of rotatable bonds is 7. The van der Waals surface area contributed by atoms with Crippen LogP contribution in [-0.2, 0) is 14.4 Å². The van der Waals surface area contributed by atoms with Crippen molar-refractivity contribution in [2.75, 3.05) is 15.6 Å². The Morgan fingerprint density at radius 1 is 1.00 bits per heavy atom. The predicted octanol–water partition coefficient (Wildman–Crippen LogP) is 4.14. The minimum Gasteiger partial charge on any atom is -0.324 e. The molecule has 32 heavy (non-hydrogen) atoms. The molecule has 1 aliphatic carbocycles. The molecule has 2 N–H and O–H groups in total. The molecule has 4 rings (SSSR count). The molecule has 0 saturated heterocycles. The molecule has 2 atom stereocenters.